The first-order valence-corrected chi connectivity index (χ1v) is 8.58. The van der Waals surface area contributed by atoms with Crippen molar-refractivity contribution in [2.45, 2.75) is 64.7 Å². The Morgan fingerprint density at radius 3 is 2.30 bits per heavy atom. The minimum Gasteiger partial charge on any atom is -0.317 e. The number of halogens is 1. The zero-order chi connectivity index (χ0) is 14.6. The van der Waals surface area contributed by atoms with Gasteiger partial charge in [0.25, 0.3) is 0 Å². The highest BCUT2D eigenvalue weighted by atomic mass is 35.5. The molecule has 0 aliphatic carbocycles. The third-order valence-corrected chi connectivity index (χ3v) is 4.14. The van der Waals surface area contributed by atoms with Crippen molar-refractivity contribution < 1.29 is 0 Å². The van der Waals surface area contributed by atoms with Gasteiger partial charge in [0.1, 0.15) is 0 Å². The summed E-state index contributed by atoms with van der Waals surface area (Å²) in [6, 6.07) is 8.27. The molecule has 1 nitrogen and oxygen atoms in total. The van der Waals surface area contributed by atoms with Crippen LogP contribution >= 0.6 is 11.6 Å². The number of unbranched alkanes of at least 4 members (excludes halogenated alkanes) is 4. The van der Waals surface area contributed by atoms with Crippen LogP contribution in [0, 0.1) is 0 Å². The fraction of sp³-hybridized carbons (Fsp3) is 0.667. The number of benzene rings is 1. The van der Waals surface area contributed by atoms with E-state index in [0.29, 0.717) is 5.92 Å². The summed E-state index contributed by atoms with van der Waals surface area (Å²) in [7, 11) is 0. The van der Waals surface area contributed by atoms with Crippen LogP contribution in [0.3, 0.4) is 0 Å². The lowest BCUT2D eigenvalue weighted by Crippen LogP contribution is -2.17. The van der Waals surface area contributed by atoms with Crippen LogP contribution < -0.4 is 5.32 Å². The molecule has 1 unspecified atom stereocenters. The maximum Gasteiger partial charge on any atom is 0.0406 e. The first-order chi connectivity index (χ1) is 9.74. The Kier molecular flexibility index (Phi) is 9.78. The second-order valence-corrected chi connectivity index (χ2v) is 6.20. The van der Waals surface area contributed by atoms with Crippen LogP contribution in [0.4, 0.5) is 0 Å². The molecular formula is C18H30ClN. The van der Waals surface area contributed by atoms with Gasteiger partial charge in [-0.1, -0.05) is 63.3 Å². The predicted molar refractivity (Wildman–Crippen MR) is 90.7 cm³/mol. The molecule has 1 rings (SSSR count). The third kappa shape index (κ3) is 7.91. The highest BCUT2D eigenvalue weighted by Crippen LogP contribution is 2.21. The Bertz CT molecular complexity index is 334. The molecule has 0 saturated carbocycles. The van der Waals surface area contributed by atoms with Gasteiger partial charge in [-0.2, -0.15) is 0 Å². The molecule has 1 N–H and O–H groups in total. The van der Waals surface area contributed by atoms with Gasteiger partial charge in [0, 0.05) is 5.02 Å². The smallest absolute Gasteiger partial charge is 0.0406 e. The zero-order valence-corrected chi connectivity index (χ0v) is 13.9. The first-order valence-electron chi connectivity index (χ1n) is 8.20. The number of hydrogen-bond donors (Lipinski definition) is 1. The Balaban J connectivity index is 1.99. The quantitative estimate of drug-likeness (QED) is 0.510. The second-order valence-electron chi connectivity index (χ2n) is 5.76. The highest BCUT2D eigenvalue weighted by molar-refractivity contribution is 6.30. The van der Waals surface area contributed by atoms with Crippen molar-refractivity contribution >= 4 is 11.6 Å². The number of nitrogens with one attached hydrogen (secondary N) is 1. The number of rotatable bonds is 11. The first kappa shape index (κ1) is 17.5. The SMILES string of the molecule is CCCCCCCNCCCC(C)c1ccc(Cl)cc1. The van der Waals surface area contributed by atoms with E-state index in [0.717, 1.165) is 11.6 Å². The summed E-state index contributed by atoms with van der Waals surface area (Å²) < 4.78 is 0. The molecule has 0 aromatic heterocycles. The molecule has 1 aromatic rings. The van der Waals surface area contributed by atoms with Gasteiger partial charge >= 0.3 is 0 Å². The lowest BCUT2D eigenvalue weighted by molar-refractivity contribution is 0.548. The van der Waals surface area contributed by atoms with E-state index in [9.17, 15) is 0 Å². The monoisotopic (exact) mass is 295 g/mol. The topological polar surface area (TPSA) is 12.0 Å². The highest BCUT2D eigenvalue weighted by Gasteiger charge is 2.04. The van der Waals surface area contributed by atoms with Gasteiger partial charge in [-0.25, -0.2) is 0 Å². The van der Waals surface area contributed by atoms with Crippen molar-refractivity contribution in [1.29, 1.82) is 0 Å². The van der Waals surface area contributed by atoms with E-state index in [1.54, 1.807) is 0 Å². The molecule has 1 aromatic carbocycles. The van der Waals surface area contributed by atoms with Gasteiger partial charge < -0.3 is 5.32 Å². The molecule has 0 amide bonds. The maximum atomic E-state index is 5.91. The van der Waals surface area contributed by atoms with Crippen molar-refractivity contribution in [2.24, 2.45) is 0 Å². The zero-order valence-electron chi connectivity index (χ0n) is 13.1. The molecule has 0 spiro atoms. The molecule has 20 heavy (non-hydrogen) atoms. The standard InChI is InChI=1S/C18H30ClN/c1-3-4-5-6-7-14-20-15-8-9-16(2)17-10-12-18(19)13-11-17/h10-13,16,20H,3-9,14-15H2,1-2H3. The van der Waals surface area contributed by atoms with Crippen LogP contribution in [0.5, 0.6) is 0 Å². The molecule has 0 radical (unpaired) electrons. The normalized spacial score (nSPS) is 12.6. The van der Waals surface area contributed by atoms with Crippen molar-refractivity contribution in [3.05, 3.63) is 34.9 Å². The minimum absolute atomic E-state index is 0.624. The van der Waals surface area contributed by atoms with E-state index < -0.39 is 0 Å². The fourth-order valence-corrected chi connectivity index (χ4v) is 2.60. The Hall–Kier alpha value is -0.530. The summed E-state index contributed by atoms with van der Waals surface area (Å²) in [5.74, 6) is 0.624. The van der Waals surface area contributed by atoms with E-state index in [1.165, 1.54) is 57.1 Å². The molecule has 114 valence electrons. The van der Waals surface area contributed by atoms with E-state index in [2.05, 4.69) is 31.3 Å². The summed E-state index contributed by atoms with van der Waals surface area (Å²) in [4.78, 5) is 0. The van der Waals surface area contributed by atoms with Crippen LogP contribution in [-0.4, -0.2) is 13.1 Å². The Labute approximate surface area is 130 Å². The molecule has 0 fully saturated rings. The largest absolute Gasteiger partial charge is 0.317 e. The summed E-state index contributed by atoms with van der Waals surface area (Å²) in [6.45, 7) is 6.89. The van der Waals surface area contributed by atoms with Gasteiger partial charge in [0.05, 0.1) is 0 Å². The molecule has 0 aliphatic rings. The van der Waals surface area contributed by atoms with E-state index in [4.69, 9.17) is 11.6 Å². The third-order valence-electron chi connectivity index (χ3n) is 3.89. The predicted octanol–water partition coefficient (Wildman–Crippen LogP) is 5.78. The number of hydrogen-bond acceptors (Lipinski definition) is 1. The molecule has 0 saturated heterocycles. The van der Waals surface area contributed by atoms with Gasteiger partial charge in [-0.05, 0) is 56.0 Å². The maximum absolute atomic E-state index is 5.91. The lowest BCUT2D eigenvalue weighted by Gasteiger charge is -2.12. The Morgan fingerprint density at radius 1 is 0.950 bits per heavy atom. The summed E-state index contributed by atoms with van der Waals surface area (Å²) >= 11 is 5.91. The van der Waals surface area contributed by atoms with Gasteiger partial charge in [0.2, 0.25) is 0 Å². The lowest BCUT2D eigenvalue weighted by atomic mass is 9.96. The minimum atomic E-state index is 0.624. The molecular weight excluding hydrogens is 266 g/mol. The molecule has 0 heterocycles. The van der Waals surface area contributed by atoms with Gasteiger partial charge in [0.15, 0.2) is 0 Å². The van der Waals surface area contributed by atoms with Crippen LogP contribution in [0.25, 0.3) is 0 Å². The van der Waals surface area contributed by atoms with E-state index in [-0.39, 0.29) is 0 Å². The van der Waals surface area contributed by atoms with Crippen LogP contribution in [0.2, 0.25) is 5.02 Å². The summed E-state index contributed by atoms with van der Waals surface area (Å²) in [5.41, 5.74) is 1.40. The van der Waals surface area contributed by atoms with Gasteiger partial charge in [-0.3, -0.25) is 0 Å². The van der Waals surface area contributed by atoms with Crippen molar-refractivity contribution in [2.75, 3.05) is 13.1 Å². The summed E-state index contributed by atoms with van der Waals surface area (Å²) in [5, 5.41) is 4.38. The average molecular weight is 296 g/mol. The van der Waals surface area contributed by atoms with Crippen molar-refractivity contribution in [3.63, 3.8) is 0 Å². The second kappa shape index (κ2) is 11.2. The molecule has 2 heteroatoms. The van der Waals surface area contributed by atoms with Crippen LogP contribution in [0.15, 0.2) is 24.3 Å². The van der Waals surface area contributed by atoms with Crippen molar-refractivity contribution in [3.8, 4) is 0 Å². The van der Waals surface area contributed by atoms with E-state index in [1.807, 2.05) is 12.1 Å². The Morgan fingerprint density at radius 2 is 1.60 bits per heavy atom. The average Bonchev–Trinajstić information content (AvgIpc) is 2.46. The molecule has 0 aliphatic heterocycles. The van der Waals surface area contributed by atoms with Crippen molar-refractivity contribution in [1.82, 2.24) is 5.32 Å². The van der Waals surface area contributed by atoms with Gasteiger partial charge in [-0.15, -0.1) is 0 Å². The fourth-order valence-electron chi connectivity index (χ4n) is 2.47. The molecule has 0 bridgehead atoms. The summed E-state index contributed by atoms with van der Waals surface area (Å²) in [6.07, 6.45) is 9.30. The van der Waals surface area contributed by atoms with Crippen LogP contribution in [0.1, 0.15) is 70.3 Å². The van der Waals surface area contributed by atoms with E-state index >= 15 is 0 Å². The molecule has 1 atom stereocenters. The van der Waals surface area contributed by atoms with Crippen LogP contribution in [-0.2, 0) is 0 Å².